The Kier molecular flexibility index (Phi) is 6.68. The van der Waals surface area contributed by atoms with Crippen LogP contribution >= 0.6 is 0 Å². The number of carbonyl (C=O) groups excluding carboxylic acids is 1. The van der Waals surface area contributed by atoms with E-state index < -0.39 is 0 Å². The van der Waals surface area contributed by atoms with Gasteiger partial charge in [-0.15, -0.1) is 0 Å². The zero-order valence-electron chi connectivity index (χ0n) is 15.9. The second kappa shape index (κ2) is 9.39. The molecule has 3 rings (SSSR count). The van der Waals surface area contributed by atoms with E-state index in [2.05, 4.69) is 34.6 Å². The van der Waals surface area contributed by atoms with Crippen molar-refractivity contribution in [3.8, 4) is 5.75 Å². The Balaban J connectivity index is 1.52. The standard InChI is InChI=1S/C21H27N3O3/c1-16-14-24(10-11-27-16)15-18-7-5-6-17(12-18)13-22-21(25)23-19-8-3-4-9-20(19)26-2/h3-9,12,16H,10-11,13-15H2,1-2H3,(H2,22,23,25). The average Bonchev–Trinajstić information content (AvgIpc) is 2.67. The van der Waals surface area contributed by atoms with Crippen LogP contribution in [0.2, 0.25) is 0 Å². The fraction of sp³-hybridized carbons (Fsp3) is 0.381. The first-order valence-corrected chi connectivity index (χ1v) is 9.23. The molecule has 6 nitrogen and oxygen atoms in total. The number of morpholine rings is 1. The van der Waals surface area contributed by atoms with E-state index in [9.17, 15) is 4.79 Å². The van der Waals surface area contributed by atoms with E-state index in [1.807, 2.05) is 36.4 Å². The number of amides is 2. The molecule has 1 unspecified atom stereocenters. The number of carbonyl (C=O) groups is 1. The van der Waals surface area contributed by atoms with Crippen molar-refractivity contribution in [2.45, 2.75) is 26.1 Å². The Morgan fingerprint density at radius 3 is 2.85 bits per heavy atom. The van der Waals surface area contributed by atoms with Crippen LogP contribution in [0.25, 0.3) is 0 Å². The van der Waals surface area contributed by atoms with Gasteiger partial charge in [0.1, 0.15) is 5.75 Å². The second-order valence-corrected chi connectivity index (χ2v) is 6.74. The van der Waals surface area contributed by atoms with E-state index in [4.69, 9.17) is 9.47 Å². The number of rotatable bonds is 6. The predicted molar refractivity (Wildman–Crippen MR) is 106 cm³/mol. The van der Waals surface area contributed by atoms with Crippen molar-refractivity contribution in [1.29, 1.82) is 0 Å². The topological polar surface area (TPSA) is 62.8 Å². The third kappa shape index (κ3) is 5.70. The summed E-state index contributed by atoms with van der Waals surface area (Å²) in [7, 11) is 1.58. The summed E-state index contributed by atoms with van der Waals surface area (Å²) in [4.78, 5) is 14.6. The van der Waals surface area contributed by atoms with Crippen molar-refractivity contribution < 1.29 is 14.3 Å². The summed E-state index contributed by atoms with van der Waals surface area (Å²) in [5, 5.41) is 5.72. The molecular formula is C21H27N3O3. The molecule has 2 amide bonds. The van der Waals surface area contributed by atoms with Crippen molar-refractivity contribution in [2.24, 2.45) is 0 Å². The Bertz CT molecular complexity index is 766. The minimum atomic E-state index is -0.257. The first-order chi connectivity index (χ1) is 13.1. The average molecular weight is 369 g/mol. The highest BCUT2D eigenvalue weighted by atomic mass is 16.5. The van der Waals surface area contributed by atoms with Crippen molar-refractivity contribution in [2.75, 3.05) is 32.1 Å². The summed E-state index contributed by atoms with van der Waals surface area (Å²) in [5.41, 5.74) is 2.96. The largest absolute Gasteiger partial charge is 0.495 e. The maximum absolute atomic E-state index is 12.2. The van der Waals surface area contributed by atoms with Gasteiger partial charge >= 0.3 is 6.03 Å². The molecule has 0 aromatic heterocycles. The summed E-state index contributed by atoms with van der Waals surface area (Å²) in [6, 6.07) is 15.4. The summed E-state index contributed by atoms with van der Waals surface area (Å²) in [6.07, 6.45) is 0.280. The molecule has 1 saturated heterocycles. The Hall–Kier alpha value is -2.57. The van der Waals surface area contributed by atoms with E-state index in [1.165, 1.54) is 5.56 Å². The van der Waals surface area contributed by atoms with Crippen LogP contribution in [0.4, 0.5) is 10.5 Å². The molecule has 0 spiro atoms. The fourth-order valence-corrected chi connectivity index (χ4v) is 3.23. The minimum Gasteiger partial charge on any atom is -0.495 e. The van der Waals surface area contributed by atoms with Gasteiger partial charge in [0.05, 0.1) is 25.5 Å². The third-order valence-electron chi connectivity index (χ3n) is 4.53. The van der Waals surface area contributed by atoms with Crippen LogP contribution in [0, 0.1) is 0 Å². The Labute approximate surface area is 160 Å². The van der Waals surface area contributed by atoms with E-state index in [0.717, 1.165) is 31.8 Å². The highest BCUT2D eigenvalue weighted by Gasteiger charge is 2.16. The zero-order chi connectivity index (χ0) is 19.1. The molecule has 6 heteroatoms. The van der Waals surface area contributed by atoms with Crippen LogP contribution in [0.3, 0.4) is 0 Å². The molecule has 0 bridgehead atoms. The van der Waals surface area contributed by atoms with Gasteiger partial charge in [0, 0.05) is 26.2 Å². The maximum Gasteiger partial charge on any atom is 0.319 e. The molecule has 1 aliphatic heterocycles. The molecule has 27 heavy (non-hydrogen) atoms. The number of nitrogens with one attached hydrogen (secondary N) is 2. The van der Waals surface area contributed by atoms with Crippen LogP contribution in [0.1, 0.15) is 18.1 Å². The number of ether oxygens (including phenoxy) is 2. The van der Waals surface area contributed by atoms with E-state index in [-0.39, 0.29) is 12.1 Å². The highest BCUT2D eigenvalue weighted by molar-refractivity contribution is 5.90. The van der Waals surface area contributed by atoms with Crippen molar-refractivity contribution in [1.82, 2.24) is 10.2 Å². The normalized spacial score (nSPS) is 17.3. The number of anilines is 1. The third-order valence-corrected chi connectivity index (χ3v) is 4.53. The SMILES string of the molecule is COc1ccccc1NC(=O)NCc1cccc(CN2CCOC(C)C2)c1. The quantitative estimate of drug-likeness (QED) is 0.821. The molecule has 0 saturated carbocycles. The summed E-state index contributed by atoms with van der Waals surface area (Å²) < 4.78 is 10.8. The molecule has 2 aromatic carbocycles. The molecule has 0 aliphatic carbocycles. The smallest absolute Gasteiger partial charge is 0.319 e. The summed E-state index contributed by atoms with van der Waals surface area (Å²) in [5.74, 6) is 0.634. The van der Waals surface area contributed by atoms with Gasteiger partial charge in [-0.2, -0.15) is 0 Å². The second-order valence-electron chi connectivity index (χ2n) is 6.74. The molecule has 2 N–H and O–H groups in total. The molecule has 1 aliphatic rings. The molecule has 1 fully saturated rings. The summed E-state index contributed by atoms with van der Waals surface area (Å²) in [6.45, 7) is 6.15. The van der Waals surface area contributed by atoms with Gasteiger partial charge < -0.3 is 20.1 Å². The lowest BCUT2D eigenvalue weighted by Crippen LogP contribution is -2.40. The van der Waals surface area contributed by atoms with Crippen LogP contribution < -0.4 is 15.4 Å². The van der Waals surface area contributed by atoms with Crippen LogP contribution in [0.5, 0.6) is 5.75 Å². The zero-order valence-corrected chi connectivity index (χ0v) is 15.9. The fourth-order valence-electron chi connectivity index (χ4n) is 3.23. The van der Waals surface area contributed by atoms with Gasteiger partial charge in [-0.1, -0.05) is 36.4 Å². The minimum absolute atomic E-state index is 0.257. The van der Waals surface area contributed by atoms with E-state index in [1.54, 1.807) is 7.11 Å². The van der Waals surface area contributed by atoms with Crippen molar-refractivity contribution >= 4 is 11.7 Å². The van der Waals surface area contributed by atoms with Crippen LogP contribution in [0.15, 0.2) is 48.5 Å². The monoisotopic (exact) mass is 369 g/mol. The number of para-hydroxylation sites is 2. The molecule has 0 radical (unpaired) electrons. The number of benzene rings is 2. The molecule has 1 heterocycles. The lowest BCUT2D eigenvalue weighted by Gasteiger charge is -2.31. The van der Waals surface area contributed by atoms with Crippen molar-refractivity contribution in [3.63, 3.8) is 0 Å². The Morgan fingerprint density at radius 2 is 2.04 bits per heavy atom. The number of urea groups is 1. The van der Waals surface area contributed by atoms with Crippen LogP contribution in [-0.2, 0) is 17.8 Å². The molecular weight excluding hydrogens is 342 g/mol. The van der Waals surface area contributed by atoms with Gasteiger partial charge in [0.2, 0.25) is 0 Å². The number of nitrogens with zero attached hydrogens (tertiary/aromatic N) is 1. The lowest BCUT2D eigenvalue weighted by atomic mass is 10.1. The first kappa shape index (κ1) is 19.2. The highest BCUT2D eigenvalue weighted by Crippen LogP contribution is 2.22. The molecule has 144 valence electrons. The van der Waals surface area contributed by atoms with E-state index in [0.29, 0.717) is 18.0 Å². The molecule has 2 aromatic rings. The summed E-state index contributed by atoms with van der Waals surface area (Å²) >= 11 is 0. The molecule has 1 atom stereocenters. The lowest BCUT2D eigenvalue weighted by molar-refractivity contribution is -0.0212. The van der Waals surface area contributed by atoms with Gasteiger partial charge in [0.15, 0.2) is 0 Å². The van der Waals surface area contributed by atoms with Gasteiger partial charge in [-0.05, 0) is 30.2 Å². The van der Waals surface area contributed by atoms with Gasteiger partial charge in [0.25, 0.3) is 0 Å². The number of methoxy groups -OCH3 is 1. The number of hydrogen-bond donors (Lipinski definition) is 2. The maximum atomic E-state index is 12.2. The Morgan fingerprint density at radius 1 is 1.22 bits per heavy atom. The van der Waals surface area contributed by atoms with Crippen molar-refractivity contribution in [3.05, 3.63) is 59.7 Å². The first-order valence-electron chi connectivity index (χ1n) is 9.23. The number of hydrogen-bond acceptors (Lipinski definition) is 4. The predicted octanol–water partition coefficient (Wildman–Crippen LogP) is 3.24. The van der Waals surface area contributed by atoms with Gasteiger partial charge in [-0.25, -0.2) is 4.79 Å². The van der Waals surface area contributed by atoms with E-state index >= 15 is 0 Å². The van der Waals surface area contributed by atoms with Crippen LogP contribution in [-0.4, -0.2) is 43.8 Å². The van der Waals surface area contributed by atoms with Gasteiger partial charge in [-0.3, -0.25) is 4.90 Å².